The Kier molecular flexibility index (Phi) is 5.92. The second-order valence-corrected chi connectivity index (χ2v) is 7.69. The molecule has 0 aliphatic carbocycles. The van der Waals surface area contributed by atoms with Gasteiger partial charge in [-0.05, 0) is 64.4 Å². The van der Waals surface area contributed by atoms with Crippen LogP contribution in [0, 0.1) is 25.3 Å². The maximum Gasteiger partial charge on any atom is 0.286 e. The zero-order valence-electron chi connectivity index (χ0n) is 16.1. The van der Waals surface area contributed by atoms with E-state index in [-0.39, 0.29) is 5.56 Å². The quantitative estimate of drug-likeness (QED) is 0.427. The number of hydrogen-bond donors (Lipinski definition) is 0. The minimum absolute atomic E-state index is 0.273. The first-order valence-electron chi connectivity index (χ1n) is 8.48. The monoisotopic (exact) mass is 383 g/mol. The molecule has 0 unspecified atom stereocenters. The maximum atomic E-state index is 13.2. The number of hydrazine groups is 1. The van der Waals surface area contributed by atoms with Crippen molar-refractivity contribution in [2.24, 2.45) is 0 Å². The van der Waals surface area contributed by atoms with Gasteiger partial charge >= 0.3 is 0 Å². The summed E-state index contributed by atoms with van der Waals surface area (Å²) in [7, 11) is 0. The summed E-state index contributed by atoms with van der Waals surface area (Å²) in [5, 5.41) is 12.1. The molecule has 0 aliphatic heterocycles. The SMILES string of the molecule is Cc1cccc(C(=O)N(N(C#N)C(=O)c2cccc(Cl)c2C)C(C)(C)C)c1. The van der Waals surface area contributed by atoms with Gasteiger partial charge in [0.05, 0.1) is 5.54 Å². The van der Waals surface area contributed by atoms with Crippen LogP contribution in [-0.2, 0) is 0 Å². The van der Waals surface area contributed by atoms with Crippen LogP contribution in [-0.4, -0.2) is 27.4 Å². The highest BCUT2D eigenvalue weighted by atomic mass is 35.5. The first-order chi connectivity index (χ1) is 12.6. The fourth-order valence-electron chi connectivity index (χ4n) is 2.73. The van der Waals surface area contributed by atoms with E-state index in [1.165, 1.54) is 5.01 Å². The fraction of sp³-hybridized carbons (Fsp3) is 0.286. The lowest BCUT2D eigenvalue weighted by molar-refractivity contribution is -0.0167. The summed E-state index contributed by atoms with van der Waals surface area (Å²) in [6, 6.07) is 11.9. The van der Waals surface area contributed by atoms with Gasteiger partial charge in [-0.1, -0.05) is 35.4 Å². The van der Waals surface area contributed by atoms with Gasteiger partial charge in [-0.2, -0.15) is 5.26 Å². The smallest absolute Gasteiger partial charge is 0.267 e. The van der Waals surface area contributed by atoms with Crippen LogP contribution in [0.2, 0.25) is 5.02 Å². The Morgan fingerprint density at radius 2 is 1.67 bits per heavy atom. The maximum absolute atomic E-state index is 13.2. The summed E-state index contributed by atoms with van der Waals surface area (Å²) in [6.45, 7) is 8.88. The first kappa shape index (κ1) is 20.5. The lowest BCUT2D eigenvalue weighted by Crippen LogP contribution is -2.56. The summed E-state index contributed by atoms with van der Waals surface area (Å²) >= 11 is 6.12. The van der Waals surface area contributed by atoms with Crippen molar-refractivity contribution in [3.05, 3.63) is 69.7 Å². The van der Waals surface area contributed by atoms with Gasteiger partial charge in [-0.25, -0.2) is 5.01 Å². The van der Waals surface area contributed by atoms with Gasteiger partial charge in [0.25, 0.3) is 11.8 Å². The number of benzene rings is 2. The topological polar surface area (TPSA) is 64.4 Å². The number of carbonyl (C=O) groups is 2. The lowest BCUT2D eigenvalue weighted by Gasteiger charge is -2.39. The van der Waals surface area contributed by atoms with Crippen LogP contribution >= 0.6 is 11.6 Å². The van der Waals surface area contributed by atoms with Crippen molar-refractivity contribution in [3.63, 3.8) is 0 Å². The van der Waals surface area contributed by atoms with Crippen molar-refractivity contribution in [1.29, 1.82) is 5.26 Å². The van der Waals surface area contributed by atoms with Crippen LogP contribution in [0.5, 0.6) is 0 Å². The zero-order valence-corrected chi connectivity index (χ0v) is 16.8. The third-order valence-electron chi connectivity index (χ3n) is 4.08. The van der Waals surface area contributed by atoms with Crippen LogP contribution in [0.1, 0.15) is 52.6 Å². The van der Waals surface area contributed by atoms with Crippen LogP contribution in [0.25, 0.3) is 0 Å². The molecule has 0 aliphatic rings. The number of hydrogen-bond acceptors (Lipinski definition) is 3. The van der Waals surface area contributed by atoms with E-state index in [2.05, 4.69) is 0 Å². The molecule has 140 valence electrons. The van der Waals surface area contributed by atoms with Crippen molar-refractivity contribution in [3.8, 4) is 6.19 Å². The van der Waals surface area contributed by atoms with E-state index >= 15 is 0 Å². The number of halogens is 1. The second-order valence-electron chi connectivity index (χ2n) is 7.29. The Hall–Kier alpha value is -2.84. The molecule has 0 saturated heterocycles. The Bertz CT molecular complexity index is 926. The number of aryl methyl sites for hydroxylation is 1. The molecular weight excluding hydrogens is 362 g/mol. The molecule has 2 aromatic carbocycles. The molecule has 0 N–H and O–H groups in total. The highest BCUT2D eigenvalue weighted by Gasteiger charge is 2.37. The summed E-state index contributed by atoms with van der Waals surface area (Å²) < 4.78 is 0. The number of amides is 2. The summed E-state index contributed by atoms with van der Waals surface area (Å²) in [6.07, 6.45) is 1.86. The number of nitrogens with zero attached hydrogens (tertiary/aromatic N) is 3. The molecule has 2 aromatic rings. The number of rotatable bonds is 2. The van der Waals surface area contributed by atoms with Crippen molar-refractivity contribution in [2.45, 2.75) is 40.2 Å². The molecule has 0 spiro atoms. The van der Waals surface area contributed by atoms with Gasteiger partial charge in [0.15, 0.2) is 0 Å². The Morgan fingerprint density at radius 1 is 1.04 bits per heavy atom. The molecule has 27 heavy (non-hydrogen) atoms. The fourth-order valence-corrected chi connectivity index (χ4v) is 2.90. The van der Waals surface area contributed by atoms with Crippen LogP contribution in [0.4, 0.5) is 0 Å². The molecule has 6 heteroatoms. The van der Waals surface area contributed by atoms with E-state index < -0.39 is 17.4 Å². The molecule has 2 rings (SSSR count). The zero-order chi connectivity index (χ0) is 20.4. The molecule has 0 radical (unpaired) electrons. The van der Waals surface area contributed by atoms with Crippen molar-refractivity contribution < 1.29 is 9.59 Å². The predicted molar refractivity (Wildman–Crippen MR) is 105 cm³/mol. The van der Waals surface area contributed by atoms with Gasteiger partial charge in [0, 0.05) is 16.1 Å². The standard InChI is InChI=1S/C21H22ClN3O2/c1-14-8-6-9-16(12-14)19(26)25(21(3,4)5)24(13-23)20(27)17-10-7-11-18(22)15(17)2/h6-12H,1-5H3. The molecule has 2 amide bonds. The second kappa shape index (κ2) is 7.81. The number of carbonyl (C=O) groups excluding carboxylic acids is 2. The van der Waals surface area contributed by atoms with E-state index in [4.69, 9.17) is 11.6 Å². The van der Waals surface area contributed by atoms with E-state index in [1.54, 1.807) is 64.1 Å². The Balaban J connectivity index is 2.54. The van der Waals surface area contributed by atoms with Crippen molar-refractivity contribution >= 4 is 23.4 Å². The number of nitriles is 1. The first-order valence-corrected chi connectivity index (χ1v) is 8.86. The molecule has 5 nitrogen and oxygen atoms in total. The van der Waals surface area contributed by atoms with Gasteiger partial charge in [0.2, 0.25) is 6.19 Å². The van der Waals surface area contributed by atoms with Crippen LogP contribution in [0.3, 0.4) is 0 Å². The van der Waals surface area contributed by atoms with Gasteiger partial charge in [-0.15, -0.1) is 5.01 Å². The summed E-state index contributed by atoms with van der Waals surface area (Å²) in [5.74, 6) is -1.03. The van der Waals surface area contributed by atoms with Crippen molar-refractivity contribution in [1.82, 2.24) is 10.0 Å². The van der Waals surface area contributed by atoms with Crippen LogP contribution < -0.4 is 0 Å². The van der Waals surface area contributed by atoms with E-state index in [0.717, 1.165) is 10.6 Å². The highest BCUT2D eigenvalue weighted by molar-refractivity contribution is 6.31. The Morgan fingerprint density at radius 3 is 2.22 bits per heavy atom. The molecule has 0 bridgehead atoms. The minimum atomic E-state index is -0.807. The molecule has 0 fully saturated rings. The van der Waals surface area contributed by atoms with E-state index in [9.17, 15) is 14.9 Å². The normalized spacial score (nSPS) is 10.9. The molecule has 0 heterocycles. The third-order valence-corrected chi connectivity index (χ3v) is 4.49. The van der Waals surface area contributed by atoms with Crippen molar-refractivity contribution in [2.75, 3.05) is 0 Å². The average molecular weight is 384 g/mol. The van der Waals surface area contributed by atoms with Crippen LogP contribution in [0.15, 0.2) is 42.5 Å². The predicted octanol–water partition coefficient (Wildman–Crippen LogP) is 4.74. The van der Waals surface area contributed by atoms with E-state index in [1.807, 2.05) is 19.2 Å². The largest absolute Gasteiger partial charge is 0.286 e. The third kappa shape index (κ3) is 4.29. The van der Waals surface area contributed by atoms with Gasteiger partial charge in [0.1, 0.15) is 0 Å². The molecule has 0 atom stereocenters. The highest BCUT2D eigenvalue weighted by Crippen LogP contribution is 2.25. The van der Waals surface area contributed by atoms with Gasteiger partial charge in [-0.3, -0.25) is 9.59 Å². The lowest BCUT2D eigenvalue weighted by atomic mass is 10.0. The molecule has 0 saturated carbocycles. The van der Waals surface area contributed by atoms with E-state index in [0.29, 0.717) is 16.1 Å². The molecule has 0 aromatic heterocycles. The molecular formula is C21H22ClN3O2. The van der Waals surface area contributed by atoms with Gasteiger partial charge < -0.3 is 0 Å². The summed E-state index contributed by atoms with van der Waals surface area (Å²) in [4.78, 5) is 26.3. The average Bonchev–Trinajstić information content (AvgIpc) is 2.59. The summed E-state index contributed by atoms with van der Waals surface area (Å²) in [5.41, 5.74) is 1.34. The minimum Gasteiger partial charge on any atom is -0.267 e. The Labute approximate surface area is 164 Å².